The largest absolute Gasteiger partial charge is 0.347 e. The zero-order valence-electron chi connectivity index (χ0n) is 10.5. The number of benzene rings is 1. The molecule has 1 aliphatic heterocycles. The molecule has 0 aliphatic carbocycles. The maximum absolute atomic E-state index is 12.3. The lowest BCUT2D eigenvalue weighted by Gasteiger charge is -2.22. The van der Waals surface area contributed by atoms with E-state index in [2.05, 4.69) is 5.32 Å². The maximum Gasteiger partial charge on any atom is 0.260 e. The molecule has 1 aromatic rings. The molecule has 1 aromatic carbocycles. The summed E-state index contributed by atoms with van der Waals surface area (Å²) in [5, 5.41) is 2.49. The molecular weight excluding hydrogens is 244 g/mol. The molecule has 5 heteroatoms. The summed E-state index contributed by atoms with van der Waals surface area (Å²) in [6.07, 6.45) is 2.67. The number of carbonyl (C=O) groups excluding carboxylic acids is 3. The zero-order valence-corrected chi connectivity index (χ0v) is 10.5. The number of nitrogens with one attached hydrogen (secondary N) is 1. The second-order valence-electron chi connectivity index (χ2n) is 4.49. The van der Waals surface area contributed by atoms with E-state index in [-0.39, 0.29) is 11.8 Å². The van der Waals surface area contributed by atoms with Crippen molar-refractivity contribution in [3.05, 3.63) is 35.9 Å². The van der Waals surface area contributed by atoms with Crippen molar-refractivity contribution < 1.29 is 14.4 Å². The highest BCUT2D eigenvalue weighted by molar-refractivity contribution is 6.06. The van der Waals surface area contributed by atoms with Crippen LogP contribution in [0.3, 0.4) is 0 Å². The first-order chi connectivity index (χ1) is 9.24. The van der Waals surface area contributed by atoms with Crippen LogP contribution >= 0.6 is 0 Å². The highest BCUT2D eigenvalue weighted by atomic mass is 16.2. The van der Waals surface area contributed by atoms with E-state index in [0.29, 0.717) is 24.9 Å². The van der Waals surface area contributed by atoms with Crippen molar-refractivity contribution in [3.63, 3.8) is 0 Å². The Labute approximate surface area is 111 Å². The summed E-state index contributed by atoms with van der Waals surface area (Å²) in [5.74, 6) is -0.622. The number of hydrogen-bond donors (Lipinski definition) is 1. The minimum absolute atomic E-state index is 0.301. The Balaban J connectivity index is 2.19. The number of imide groups is 1. The summed E-state index contributed by atoms with van der Waals surface area (Å²) in [5.41, 5.74) is 0.489. The fourth-order valence-electron chi connectivity index (χ4n) is 2.22. The maximum atomic E-state index is 12.3. The van der Waals surface area contributed by atoms with Gasteiger partial charge in [0.1, 0.15) is 6.04 Å². The van der Waals surface area contributed by atoms with Gasteiger partial charge in [0.15, 0.2) is 0 Å². The number of hydrogen-bond acceptors (Lipinski definition) is 3. The fourth-order valence-corrected chi connectivity index (χ4v) is 2.22. The molecule has 1 aliphatic rings. The van der Waals surface area contributed by atoms with Crippen LogP contribution in [0, 0.1) is 0 Å². The zero-order chi connectivity index (χ0) is 13.7. The number of nitrogens with zero attached hydrogens (tertiary/aromatic N) is 1. The predicted octanol–water partition coefficient (Wildman–Crippen LogP) is 0.954. The molecule has 0 bridgehead atoms. The molecule has 0 unspecified atom stereocenters. The average molecular weight is 260 g/mol. The van der Waals surface area contributed by atoms with Crippen molar-refractivity contribution in [2.24, 2.45) is 0 Å². The van der Waals surface area contributed by atoms with Gasteiger partial charge in [0.05, 0.1) is 0 Å². The van der Waals surface area contributed by atoms with Crippen molar-refractivity contribution in [1.82, 2.24) is 10.2 Å². The third-order valence-corrected chi connectivity index (χ3v) is 3.22. The van der Waals surface area contributed by atoms with Crippen LogP contribution in [0.4, 0.5) is 0 Å². The van der Waals surface area contributed by atoms with Crippen molar-refractivity contribution >= 4 is 18.2 Å². The monoisotopic (exact) mass is 260 g/mol. The molecule has 1 saturated heterocycles. The summed E-state index contributed by atoms with van der Waals surface area (Å²) in [4.78, 5) is 36.3. The van der Waals surface area contributed by atoms with Gasteiger partial charge in [-0.2, -0.15) is 0 Å². The fraction of sp³-hybridized carbons (Fsp3) is 0.357. The van der Waals surface area contributed by atoms with Gasteiger partial charge in [-0.25, -0.2) is 0 Å². The lowest BCUT2D eigenvalue weighted by Crippen LogP contribution is -2.47. The van der Waals surface area contributed by atoms with Crippen LogP contribution in [-0.2, 0) is 9.59 Å². The number of likely N-dealkylation sites (tertiary alicyclic amines) is 1. The third kappa shape index (κ3) is 2.99. The number of rotatable bonds is 3. The molecule has 1 fully saturated rings. The summed E-state index contributed by atoms with van der Waals surface area (Å²) < 4.78 is 0. The van der Waals surface area contributed by atoms with Crippen LogP contribution in [0.2, 0.25) is 0 Å². The number of carbonyl (C=O) groups is 3. The van der Waals surface area contributed by atoms with Crippen LogP contribution in [-0.4, -0.2) is 35.7 Å². The topological polar surface area (TPSA) is 66.5 Å². The van der Waals surface area contributed by atoms with E-state index < -0.39 is 6.04 Å². The van der Waals surface area contributed by atoms with E-state index >= 15 is 0 Å². The van der Waals surface area contributed by atoms with E-state index in [1.807, 2.05) is 6.07 Å². The van der Waals surface area contributed by atoms with Crippen molar-refractivity contribution in [2.75, 3.05) is 6.54 Å². The normalized spacial score (nSPS) is 19.7. The Bertz CT molecular complexity index is 473. The summed E-state index contributed by atoms with van der Waals surface area (Å²) >= 11 is 0. The van der Waals surface area contributed by atoms with Crippen molar-refractivity contribution in [3.8, 4) is 0 Å². The van der Waals surface area contributed by atoms with Gasteiger partial charge < -0.3 is 5.32 Å². The number of amides is 3. The second-order valence-corrected chi connectivity index (χ2v) is 4.49. The van der Waals surface area contributed by atoms with Crippen molar-refractivity contribution in [2.45, 2.75) is 25.3 Å². The Morgan fingerprint density at radius 3 is 2.68 bits per heavy atom. The first-order valence-corrected chi connectivity index (χ1v) is 6.34. The van der Waals surface area contributed by atoms with E-state index in [1.165, 1.54) is 4.90 Å². The lowest BCUT2D eigenvalue weighted by atomic mass is 10.1. The minimum Gasteiger partial charge on any atom is -0.347 e. The molecule has 1 atom stereocenters. The van der Waals surface area contributed by atoms with E-state index in [9.17, 15) is 14.4 Å². The lowest BCUT2D eigenvalue weighted by molar-refractivity contribution is -0.131. The minimum atomic E-state index is -0.590. The van der Waals surface area contributed by atoms with Crippen LogP contribution < -0.4 is 5.32 Å². The second kappa shape index (κ2) is 6.13. The summed E-state index contributed by atoms with van der Waals surface area (Å²) in [7, 11) is 0. The van der Waals surface area contributed by atoms with E-state index in [4.69, 9.17) is 0 Å². The SMILES string of the molecule is O=CN[C@H]1CCCCN(C(=O)c2ccccc2)C1=O. The van der Waals surface area contributed by atoms with Gasteiger partial charge in [-0.05, 0) is 31.4 Å². The molecule has 0 radical (unpaired) electrons. The van der Waals surface area contributed by atoms with Gasteiger partial charge in [0.25, 0.3) is 11.8 Å². The van der Waals surface area contributed by atoms with Crippen LogP contribution in [0.5, 0.6) is 0 Å². The van der Waals surface area contributed by atoms with Crippen LogP contribution in [0.25, 0.3) is 0 Å². The molecule has 0 spiro atoms. The Morgan fingerprint density at radius 2 is 2.00 bits per heavy atom. The smallest absolute Gasteiger partial charge is 0.260 e. The van der Waals surface area contributed by atoms with Crippen molar-refractivity contribution in [1.29, 1.82) is 0 Å². The highest BCUT2D eigenvalue weighted by Gasteiger charge is 2.30. The van der Waals surface area contributed by atoms with Gasteiger partial charge in [0.2, 0.25) is 6.41 Å². The summed E-state index contributed by atoms with van der Waals surface area (Å²) in [6, 6.07) is 8.11. The molecule has 2 rings (SSSR count). The predicted molar refractivity (Wildman–Crippen MR) is 69.3 cm³/mol. The van der Waals surface area contributed by atoms with E-state index in [0.717, 1.165) is 12.8 Å². The molecule has 0 saturated carbocycles. The highest BCUT2D eigenvalue weighted by Crippen LogP contribution is 2.15. The Morgan fingerprint density at radius 1 is 1.26 bits per heavy atom. The van der Waals surface area contributed by atoms with Gasteiger partial charge >= 0.3 is 0 Å². The first kappa shape index (κ1) is 13.3. The first-order valence-electron chi connectivity index (χ1n) is 6.34. The molecule has 3 amide bonds. The Hall–Kier alpha value is -2.17. The third-order valence-electron chi connectivity index (χ3n) is 3.22. The van der Waals surface area contributed by atoms with E-state index in [1.54, 1.807) is 24.3 Å². The molecule has 19 heavy (non-hydrogen) atoms. The standard InChI is InChI=1S/C14H16N2O3/c17-10-15-12-8-4-5-9-16(14(12)19)13(18)11-6-2-1-3-7-11/h1-3,6-7,10,12H,4-5,8-9H2,(H,15,17)/t12-/m0/s1. The molecule has 1 heterocycles. The summed E-state index contributed by atoms with van der Waals surface area (Å²) in [6.45, 7) is 0.406. The van der Waals surface area contributed by atoms with Gasteiger partial charge in [0, 0.05) is 12.1 Å². The van der Waals surface area contributed by atoms with Gasteiger partial charge in [-0.1, -0.05) is 18.2 Å². The molecule has 0 aromatic heterocycles. The molecule has 5 nitrogen and oxygen atoms in total. The van der Waals surface area contributed by atoms with Gasteiger partial charge in [-0.3, -0.25) is 19.3 Å². The molecule has 100 valence electrons. The van der Waals surface area contributed by atoms with Gasteiger partial charge in [-0.15, -0.1) is 0 Å². The average Bonchev–Trinajstić information content (AvgIpc) is 2.62. The van der Waals surface area contributed by atoms with Crippen LogP contribution in [0.15, 0.2) is 30.3 Å². The van der Waals surface area contributed by atoms with Crippen LogP contribution in [0.1, 0.15) is 29.6 Å². The molecular formula is C14H16N2O3. The molecule has 1 N–H and O–H groups in total. The quantitative estimate of drug-likeness (QED) is 0.650. The Kier molecular flexibility index (Phi) is 4.28.